The van der Waals surface area contributed by atoms with Gasteiger partial charge in [-0.05, 0) is 71.8 Å². The summed E-state index contributed by atoms with van der Waals surface area (Å²) in [6, 6.07) is 39.9. The van der Waals surface area contributed by atoms with Crippen LogP contribution >= 0.6 is 0 Å². The van der Waals surface area contributed by atoms with Gasteiger partial charge in [-0.25, -0.2) is 0 Å². The maximum atomic E-state index is 2.40. The van der Waals surface area contributed by atoms with Crippen LogP contribution in [0.2, 0.25) is 0 Å². The fraction of sp³-hybridized carbons (Fsp3) is 0. The molecular weight excluding hydrogens is 360 g/mol. The van der Waals surface area contributed by atoms with Crippen LogP contribution in [-0.4, -0.2) is 0 Å². The van der Waals surface area contributed by atoms with Crippen molar-refractivity contribution < 1.29 is 0 Å². The molecule has 0 saturated heterocycles. The first-order valence-corrected chi connectivity index (χ1v) is 10.5. The summed E-state index contributed by atoms with van der Waals surface area (Å²) in [6.45, 7) is 0. The van der Waals surface area contributed by atoms with Crippen molar-refractivity contribution in [1.29, 1.82) is 0 Å². The van der Waals surface area contributed by atoms with Gasteiger partial charge < -0.3 is 0 Å². The van der Waals surface area contributed by atoms with Crippen LogP contribution in [0.3, 0.4) is 0 Å². The van der Waals surface area contributed by atoms with Crippen LogP contribution < -0.4 is 0 Å². The highest BCUT2D eigenvalue weighted by molar-refractivity contribution is 6.33. The number of rotatable bonds is 1. The summed E-state index contributed by atoms with van der Waals surface area (Å²) in [6.07, 6.45) is 0. The molecule has 6 aromatic carbocycles. The maximum absolute atomic E-state index is 2.40. The van der Waals surface area contributed by atoms with E-state index in [1.165, 1.54) is 65.7 Å². The Bertz CT molecular complexity index is 1580. The molecule has 0 N–H and O–H groups in total. The second-order valence-electron chi connectivity index (χ2n) is 8.10. The minimum atomic E-state index is 1.28. The lowest BCUT2D eigenvalue weighted by Gasteiger charge is -2.16. The van der Waals surface area contributed by atoms with Crippen molar-refractivity contribution in [3.05, 3.63) is 109 Å². The van der Waals surface area contributed by atoms with Crippen molar-refractivity contribution in [1.82, 2.24) is 0 Å². The fourth-order valence-corrected chi connectivity index (χ4v) is 5.40. The Kier molecular flexibility index (Phi) is 3.09. The number of hydrogen-bond donors (Lipinski definition) is 0. The van der Waals surface area contributed by atoms with Crippen LogP contribution in [0.1, 0.15) is 0 Å². The number of hydrogen-bond acceptors (Lipinski definition) is 0. The van der Waals surface area contributed by atoms with E-state index in [1.807, 2.05) is 0 Å². The van der Waals surface area contributed by atoms with E-state index in [0.717, 1.165) is 0 Å². The Hall–Kier alpha value is -3.90. The van der Waals surface area contributed by atoms with Gasteiger partial charge in [0.2, 0.25) is 0 Å². The zero-order chi connectivity index (χ0) is 19.7. The lowest BCUT2D eigenvalue weighted by Crippen LogP contribution is -1.89. The van der Waals surface area contributed by atoms with Crippen LogP contribution in [0.25, 0.3) is 65.7 Å². The molecule has 6 aromatic rings. The summed E-state index contributed by atoms with van der Waals surface area (Å²) < 4.78 is 0. The van der Waals surface area contributed by atoms with Gasteiger partial charge in [-0.1, -0.05) is 103 Å². The first-order valence-electron chi connectivity index (χ1n) is 10.5. The predicted octanol–water partition coefficient (Wildman–Crippen LogP) is 8.46. The van der Waals surface area contributed by atoms with Crippen molar-refractivity contribution >= 4 is 32.3 Å². The van der Waals surface area contributed by atoms with Crippen molar-refractivity contribution in [3.63, 3.8) is 0 Å². The van der Waals surface area contributed by atoms with E-state index in [2.05, 4.69) is 109 Å². The number of fused-ring (bicyclic) bond motifs is 7. The molecule has 0 saturated carbocycles. The lowest BCUT2D eigenvalue weighted by atomic mass is 9.86. The minimum absolute atomic E-state index is 1.28. The highest BCUT2D eigenvalue weighted by atomic mass is 14.3. The van der Waals surface area contributed by atoms with Gasteiger partial charge >= 0.3 is 0 Å². The standard InChI is InChI=1S/C30H18/c1-2-10-19(11-3-1)27-22-14-6-7-15-23(22)29-25-17-9-8-16-24(25)28-21-13-5-4-12-20(21)18-26(27)30(28)29/h1-18H. The molecule has 1 aliphatic carbocycles. The highest BCUT2D eigenvalue weighted by Gasteiger charge is 2.27. The first kappa shape index (κ1) is 16.0. The topological polar surface area (TPSA) is 0 Å². The molecule has 0 aromatic heterocycles. The molecule has 0 heterocycles. The van der Waals surface area contributed by atoms with Crippen molar-refractivity contribution in [2.75, 3.05) is 0 Å². The van der Waals surface area contributed by atoms with Crippen molar-refractivity contribution in [3.8, 4) is 33.4 Å². The smallest absolute Gasteiger partial charge is 0.000720 e. The quantitative estimate of drug-likeness (QED) is 0.251. The van der Waals surface area contributed by atoms with Gasteiger partial charge in [-0.2, -0.15) is 0 Å². The van der Waals surface area contributed by atoms with Gasteiger partial charge in [0.05, 0.1) is 0 Å². The van der Waals surface area contributed by atoms with Crippen molar-refractivity contribution in [2.45, 2.75) is 0 Å². The third-order valence-electron chi connectivity index (χ3n) is 6.56. The van der Waals surface area contributed by atoms with Gasteiger partial charge in [0.15, 0.2) is 0 Å². The van der Waals surface area contributed by atoms with Gasteiger partial charge in [0.1, 0.15) is 0 Å². The Labute approximate surface area is 175 Å². The second-order valence-corrected chi connectivity index (χ2v) is 8.10. The normalized spacial score (nSPS) is 12.0. The maximum Gasteiger partial charge on any atom is -0.000720 e. The molecule has 0 amide bonds. The third-order valence-corrected chi connectivity index (χ3v) is 6.56. The van der Waals surface area contributed by atoms with Crippen LogP contribution in [0.4, 0.5) is 0 Å². The molecule has 0 radical (unpaired) electrons. The van der Waals surface area contributed by atoms with E-state index in [4.69, 9.17) is 0 Å². The third kappa shape index (κ3) is 1.96. The summed E-state index contributed by atoms with van der Waals surface area (Å²) in [7, 11) is 0. The molecule has 0 fully saturated rings. The Morgan fingerprint density at radius 3 is 1.63 bits per heavy atom. The zero-order valence-electron chi connectivity index (χ0n) is 16.4. The van der Waals surface area contributed by atoms with E-state index in [0.29, 0.717) is 0 Å². The SMILES string of the molecule is c1ccc(-c2c3ccccc3c3c4c(c5ccccc5cc24)-c2ccccc2-3)cc1. The van der Waals surface area contributed by atoms with Crippen molar-refractivity contribution in [2.24, 2.45) is 0 Å². The molecule has 0 aliphatic heterocycles. The van der Waals surface area contributed by atoms with Gasteiger partial charge in [-0.3, -0.25) is 0 Å². The summed E-state index contributed by atoms with van der Waals surface area (Å²) >= 11 is 0. The molecule has 138 valence electrons. The molecule has 7 rings (SSSR count). The molecule has 0 spiro atoms. The molecule has 0 atom stereocenters. The highest BCUT2D eigenvalue weighted by Crippen LogP contribution is 2.55. The monoisotopic (exact) mass is 378 g/mol. The van der Waals surface area contributed by atoms with Gasteiger partial charge in [-0.15, -0.1) is 0 Å². The summed E-state index contributed by atoms with van der Waals surface area (Å²) in [5, 5.41) is 8.04. The van der Waals surface area contributed by atoms with E-state index >= 15 is 0 Å². The molecular formula is C30H18. The van der Waals surface area contributed by atoms with E-state index in [9.17, 15) is 0 Å². The molecule has 0 bridgehead atoms. The van der Waals surface area contributed by atoms with Crippen LogP contribution in [0, 0.1) is 0 Å². The lowest BCUT2D eigenvalue weighted by molar-refractivity contribution is 1.68. The minimum Gasteiger partial charge on any atom is -0.0622 e. The van der Waals surface area contributed by atoms with Crippen LogP contribution in [-0.2, 0) is 0 Å². The average Bonchev–Trinajstić information content (AvgIpc) is 3.17. The molecule has 1 aliphatic rings. The molecule has 0 heteroatoms. The average molecular weight is 378 g/mol. The predicted molar refractivity (Wildman–Crippen MR) is 129 cm³/mol. The van der Waals surface area contributed by atoms with E-state index in [1.54, 1.807) is 0 Å². The van der Waals surface area contributed by atoms with Crippen LogP contribution in [0.5, 0.6) is 0 Å². The Morgan fingerprint density at radius 2 is 0.900 bits per heavy atom. The zero-order valence-corrected chi connectivity index (χ0v) is 16.4. The Morgan fingerprint density at radius 1 is 0.367 bits per heavy atom. The van der Waals surface area contributed by atoms with Crippen LogP contribution in [0.15, 0.2) is 109 Å². The largest absolute Gasteiger partial charge is 0.0622 e. The molecule has 0 nitrogen and oxygen atoms in total. The van der Waals surface area contributed by atoms with Gasteiger partial charge in [0, 0.05) is 0 Å². The molecule has 0 unspecified atom stereocenters. The summed E-state index contributed by atoms with van der Waals surface area (Å²) in [4.78, 5) is 0. The Balaban J connectivity index is 1.85. The second kappa shape index (κ2) is 5.81. The molecule has 30 heavy (non-hydrogen) atoms. The number of benzene rings is 6. The van der Waals surface area contributed by atoms with E-state index < -0.39 is 0 Å². The summed E-state index contributed by atoms with van der Waals surface area (Å²) in [5.41, 5.74) is 8.09. The van der Waals surface area contributed by atoms with Gasteiger partial charge in [0.25, 0.3) is 0 Å². The van der Waals surface area contributed by atoms with E-state index in [-0.39, 0.29) is 0 Å². The first-order chi connectivity index (χ1) is 14.9. The fourth-order valence-electron chi connectivity index (χ4n) is 5.40. The summed E-state index contributed by atoms with van der Waals surface area (Å²) in [5.74, 6) is 0.